The molecule has 0 unspecified atom stereocenters. The molecule has 1 aromatic rings. The predicted octanol–water partition coefficient (Wildman–Crippen LogP) is 2.66. The molecule has 0 saturated heterocycles. The Morgan fingerprint density at radius 2 is 1.24 bits per heavy atom. The Morgan fingerprint density at radius 1 is 0.800 bits per heavy atom. The summed E-state index contributed by atoms with van der Waals surface area (Å²) >= 11 is 0. The fourth-order valence-corrected chi connectivity index (χ4v) is 4.15. The van der Waals surface area contributed by atoms with E-state index >= 15 is 0 Å². The van der Waals surface area contributed by atoms with Crippen LogP contribution in [0, 0.1) is 11.8 Å². The molecule has 2 aliphatic carbocycles. The van der Waals surface area contributed by atoms with Crippen LogP contribution in [-0.4, -0.2) is 30.2 Å². The van der Waals surface area contributed by atoms with Crippen molar-refractivity contribution in [1.29, 1.82) is 0 Å². The van der Waals surface area contributed by atoms with E-state index in [-0.39, 0.29) is 23.1 Å². The van der Waals surface area contributed by atoms with Crippen LogP contribution in [0.4, 0.5) is 0 Å². The standard InChI is InChI=1S/C20H22O5/c1-25-17-11-3-2-6-12(17)18(19-13(21)7-4-8-14(19)22)20-15(23)9-5-10-16(20)24/h2-3,6,11,18-20H,4-5,7-10H2,1H3. The van der Waals surface area contributed by atoms with Gasteiger partial charge in [-0.2, -0.15) is 0 Å². The van der Waals surface area contributed by atoms with Crippen molar-refractivity contribution < 1.29 is 23.9 Å². The first kappa shape index (κ1) is 17.5. The average molecular weight is 342 g/mol. The summed E-state index contributed by atoms with van der Waals surface area (Å²) in [5.74, 6) is -2.78. The lowest BCUT2D eigenvalue weighted by Crippen LogP contribution is -2.43. The summed E-state index contributed by atoms with van der Waals surface area (Å²) in [5, 5.41) is 0. The second-order valence-electron chi connectivity index (χ2n) is 6.80. The Morgan fingerprint density at radius 3 is 1.68 bits per heavy atom. The highest BCUT2D eigenvalue weighted by Gasteiger charge is 2.47. The quantitative estimate of drug-likeness (QED) is 0.786. The van der Waals surface area contributed by atoms with Gasteiger partial charge in [-0.1, -0.05) is 18.2 Å². The lowest BCUT2D eigenvalue weighted by Gasteiger charge is -2.35. The highest BCUT2D eigenvalue weighted by Crippen LogP contribution is 2.43. The molecule has 2 fully saturated rings. The number of benzene rings is 1. The first-order chi connectivity index (χ1) is 12.0. The fraction of sp³-hybridized carbons (Fsp3) is 0.500. The highest BCUT2D eigenvalue weighted by atomic mass is 16.5. The topological polar surface area (TPSA) is 77.5 Å². The van der Waals surface area contributed by atoms with Gasteiger partial charge in [-0.3, -0.25) is 19.2 Å². The number of carbonyl (C=O) groups is 4. The molecule has 2 aliphatic rings. The van der Waals surface area contributed by atoms with Gasteiger partial charge in [0.2, 0.25) is 0 Å². The maximum Gasteiger partial charge on any atom is 0.144 e. The molecule has 0 aromatic heterocycles. The van der Waals surface area contributed by atoms with Crippen LogP contribution in [0.1, 0.15) is 50.0 Å². The normalized spacial score (nSPS) is 20.4. The first-order valence-corrected chi connectivity index (χ1v) is 8.78. The molecule has 5 nitrogen and oxygen atoms in total. The molecule has 3 rings (SSSR count). The average Bonchev–Trinajstić information content (AvgIpc) is 2.60. The number of methoxy groups -OCH3 is 1. The van der Waals surface area contributed by atoms with Gasteiger partial charge in [-0.15, -0.1) is 0 Å². The number of ether oxygens (including phenoxy) is 1. The SMILES string of the molecule is COc1ccccc1C(C1C(=O)CCCC1=O)C1C(=O)CCCC1=O. The van der Waals surface area contributed by atoms with E-state index in [0.717, 1.165) is 0 Å². The summed E-state index contributed by atoms with van der Waals surface area (Å²) in [5.41, 5.74) is 0.604. The molecule has 132 valence electrons. The van der Waals surface area contributed by atoms with Gasteiger partial charge >= 0.3 is 0 Å². The van der Waals surface area contributed by atoms with Crippen LogP contribution < -0.4 is 4.74 Å². The predicted molar refractivity (Wildman–Crippen MR) is 90.4 cm³/mol. The van der Waals surface area contributed by atoms with E-state index in [1.54, 1.807) is 24.3 Å². The molecular weight excluding hydrogens is 320 g/mol. The second-order valence-corrected chi connectivity index (χ2v) is 6.80. The smallest absolute Gasteiger partial charge is 0.144 e. The fourth-order valence-electron chi connectivity index (χ4n) is 4.15. The minimum absolute atomic E-state index is 0.168. The lowest BCUT2D eigenvalue weighted by atomic mass is 9.65. The molecule has 2 saturated carbocycles. The molecule has 0 spiro atoms. The van der Waals surface area contributed by atoms with Gasteiger partial charge in [0.15, 0.2) is 0 Å². The molecular formula is C20H22O5. The first-order valence-electron chi connectivity index (χ1n) is 8.78. The van der Waals surface area contributed by atoms with Crippen molar-refractivity contribution in [2.24, 2.45) is 11.8 Å². The molecule has 25 heavy (non-hydrogen) atoms. The number of Topliss-reactive ketones (excluding diaryl/α,β-unsaturated/α-hetero) is 4. The van der Waals surface area contributed by atoms with E-state index in [9.17, 15) is 19.2 Å². The highest BCUT2D eigenvalue weighted by molar-refractivity contribution is 6.10. The Bertz CT molecular complexity index is 651. The van der Waals surface area contributed by atoms with E-state index in [1.165, 1.54) is 7.11 Å². The maximum absolute atomic E-state index is 12.6. The number of carbonyl (C=O) groups excluding carboxylic acids is 4. The zero-order valence-electron chi connectivity index (χ0n) is 14.3. The van der Waals surface area contributed by atoms with Crippen molar-refractivity contribution in [3.63, 3.8) is 0 Å². The van der Waals surface area contributed by atoms with Crippen molar-refractivity contribution in [2.75, 3.05) is 7.11 Å². The van der Waals surface area contributed by atoms with Gasteiger partial charge in [0.25, 0.3) is 0 Å². The Labute approximate surface area is 146 Å². The summed E-state index contributed by atoms with van der Waals surface area (Å²) in [7, 11) is 1.50. The molecule has 0 aliphatic heterocycles. The molecule has 0 atom stereocenters. The summed E-state index contributed by atoms with van der Waals surface area (Å²) < 4.78 is 5.40. The number of rotatable bonds is 4. The monoisotopic (exact) mass is 342 g/mol. The molecule has 0 amide bonds. The molecule has 1 aromatic carbocycles. The number of hydrogen-bond acceptors (Lipinski definition) is 5. The molecule has 0 N–H and O–H groups in total. The third-order valence-electron chi connectivity index (χ3n) is 5.30. The van der Waals surface area contributed by atoms with Crippen molar-refractivity contribution in [3.8, 4) is 5.75 Å². The van der Waals surface area contributed by atoms with Crippen molar-refractivity contribution >= 4 is 23.1 Å². The van der Waals surface area contributed by atoms with Crippen molar-refractivity contribution in [3.05, 3.63) is 29.8 Å². The van der Waals surface area contributed by atoms with Crippen LogP contribution in [0.2, 0.25) is 0 Å². The largest absolute Gasteiger partial charge is 0.496 e. The van der Waals surface area contributed by atoms with Crippen LogP contribution in [-0.2, 0) is 19.2 Å². The van der Waals surface area contributed by atoms with Gasteiger partial charge in [0.05, 0.1) is 18.9 Å². The zero-order valence-corrected chi connectivity index (χ0v) is 14.3. The van der Waals surface area contributed by atoms with Crippen LogP contribution >= 0.6 is 0 Å². The third-order valence-corrected chi connectivity index (χ3v) is 5.30. The summed E-state index contributed by atoms with van der Waals surface area (Å²) in [4.78, 5) is 50.4. The number of ketones is 4. The van der Waals surface area contributed by atoms with E-state index < -0.39 is 17.8 Å². The third kappa shape index (κ3) is 3.28. The van der Waals surface area contributed by atoms with E-state index in [4.69, 9.17) is 4.74 Å². The minimum Gasteiger partial charge on any atom is -0.496 e. The molecule has 5 heteroatoms. The number of para-hydroxylation sites is 1. The zero-order chi connectivity index (χ0) is 18.0. The molecule has 0 bridgehead atoms. The van der Waals surface area contributed by atoms with Gasteiger partial charge in [-0.25, -0.2) is 0 Å². The van der Waals surface area contributed by atoms with Crippen LogP contribution in [0.15, 0.2) is 24.3 Å². The van der Waals surface area contributed by atoms with E-state index in [2.05, 4.69) is 0 Å². The molecule has 0 radical (unpaired) electrons. The van der Waals surface area contributed by atoms with Gasteiger partial charge in [0, 0.05) is 31.6 Å². The Balaban J connectivity index is 2.14. The Kier molecular flexibility index (Phi) is 5.11. The van der Waals surface area contributed by atoms with Crippen molar-refractivity contribution in [2.45, 2.75) is 44.4 Å². The van der Waals surface area contributed by atoms with Crippen LogP contribution in [0.25, 0.3) is 0 Å². The Hall–Kier alpha value is -2.30. The van der Waals surface area contributed by atoms with Crippen LogP contribution in [0.3, 0.4) is 0 Å². The summed E-state index contributed by atoms with van der Waals surface area (Å²) in [6.07, 6.45) is 2.35. The molecule has 0 heterocycles. The maximum atomic E-state index is 12.6. The lowest BCUT2D eigenvalue weighted by molar-refractivity contribution is -0.141. The van der Waals surface area contributed by atoms with Crippen LogP contribution in [0.5, 0.6) is 5.75 Å². The summed E-state index contributed by atoms with van der Waals surface area (Å²) in [6, 6.07) is 7.06. The second kappa shape index (κ2) is 7.30. The van der Waals surface area contributed by atoms with Crippen molar-refractivity contribution in [1.82, 2.24) is 0 Å². The number of hydrogen-bond donors (Lipinski definition) is 0. The van der Waals surface area contributed by atoms with Gasteiger partial charge in [0.1, 0.15) is 28.9 Å². The van der Waals surface area contributed by atoms with Gasteiger partial charge < -0.3 is 4.74 Å². The van der Waals surface area contributed by atoms with E-state index in [1.807, 2.05) is 0 Å². The van der Waals surface area contributed by atoms with Gasteiger partial charge in [-0.05, 0) is 24.5 Å². The summed E-state index contributed by atoms with van der Waals surface area (Å²) in [6.45, 7) is 0. The van der Waals surface area contributed by atoms with E-state index in [0.29, 0.717) is 49.8 Å². The minimum atomic E-state index is -0.930.